The van der Waals surface area contributed by atoms with Gasteiger partial charge >= 0.3 is 6.09 Å². The quantitative estimate of drug-likeness (QED) is 0.406. The number of aliphatic hydroxyl groups excluding tert-OH is 1. The largest absolute Gasteiger partial charge is 0.508 e. The molecule has 2 atom stereocenters. The van der Waals surface area contributed by atoms with Gasteiger partial charge in [0.15, 0.2) is 0 Å². The van der Waals surface area contributed by atoms with Crippen LogP contribution in [0.4, 0.5) is 4.79 Å². The van der Waals surface area contributed by atoms with Crippen molar-refractivity contribution in [3.63, 3.8) is 0 Å². The minimum Gasteiger partial charge on any atom is -0.508 e. The number of alkyl carbamates (subject to hydrolysis) is 1. The Morgan fingerprint density at radius 1 is 1.14 bits per heavy atom. The highest BCUT2D eigenvalue weighted by atomic mass is 16.6. The molecule has 0 spiro atoms. The number of benzene rings is 1. The number of hydrogen-bond acceptors (Lipinski definition) is 6. The van der Waals surface area contributed by atoms with Gasteiger partial charge in [0.25, 0.3) is 0 Å². The Morgan fingerprint density at radius 2 is 1.78 bits per heavy atom. The lowest BCUT2D eigenvalue weighted by Crippen LogP contribution is -2.56. The summed E-state index contributed by atoms with van der Waals surface area (Å²) in [4.78, 5) is 41.4. The van der Waals surface area contributed by atoms with Crippen molar-refractivity contribution in [3.05, 3.63) is 29.3 Å². The van der Waals surface area contributed by atoms with E-state index in [-0.39, 0.29) is 36.8 Å². The van der Waals surface area contributed by atoms with Gasteiger partial charge in [-0.1, -0.05) is 39.2 Å². The number of aryl methyl sites for hydroxylation is 1. The molecule has 9 nitrogen and oxygen atoms in total. The Labute approximate surface area is 214 Å². The highest BCUT2D eigenvalue weighted by Crippen LogP contribution is 2.28. The Hall–Kier alpha value is -2.81. The van der Waals surface area contributed by atoms with E-state index in [2.05, 4.69) is 10.6 Å². The second-order valence-electron chi connectivity index (χ2n) is 10.9. The number of nitrogens with one attached hydrogen (secondary N) is 2. The first-order chi connectivity index (χ1) is 16.8. The minimum atomic E-state index is -1.05. The van der Waals surface area contributed by atoms with Crippen molar-refractivity contribution < 1.29 is 29.3 Å². The molecule has 2 unspecified atom stereocenters. The van der Waals surface area contributed by atoms with Crippen molar-refractivity contribution in [2.24, 2.45) is 5.92 Å². The number of carbonyl (C=O) groups excluding carboxylic acids is 3. The maximum atomic E-state index is 13.9. The Bertz CT molecular complexity index is 905. The van der Waals surface area contributed by atoms with Gasteiger partial charge in [-0.3, -0.25) is 9.59 Å². The lowest BCUT2D eigenvalue weighted by atomic mass is 9.94. The zero-order valence-electron chi connectivity index (χ0n) is 22.5. The molecule has 1 aliphatic rings. The van der Waals surface area contributed by atoms with Crippen molar-refractivity contribution in [1.29, 1.82) is 0 Å². The third-order valence-electron chi connectivity index (χ3n) is 6.28. The van der Waals surface area contributed by atoms with Crippen molar-refractivity contribution in [2.45, 2.75) is 97.4 Å². The zero-order chi connectivity index (χ0) is 27.0. The third kappa shape index (κ3) is 8.40. The summed E-state index contributed by atoms with van der Waals surface area (Å²) in [6.07, 6.45) is 4.20. The molecule has 202 valence electrons. The van der Waals surface area contributed by atoms with Gasteiger partial charge in [-0.2, -0.15) is 0 Å². The predicted molar refractivity (Wildman–Crippen MR) is 137 cm³/mol. The summed E-state index contributed by atoms with van der Waals surface area (Å²) < 4.78 is 5.35. The maximum Gasteiger partial charge on any atom is 0.408 e. The predicted octanol–water partition coefficient (Wildman–Crippen LogP) is 3.56. The van der Waals surface area contributed by atoms with Gasteiger partial charge in [-0.25, -0.2) is 4.79 Å². The van der Waals surface area contributed by atoms with Gasteiger partial charge in [-0.15, -0.1) is 0 Å². The van der Waals surface area contributed by atoms with Crippen LogP contribution in [0, 0.1) is 12.8 Å². The first kappa shape index (κ1) is 29.4. The fourth-order valence-electron chi connectivity index (χ4n) is 4.45. The van der Waals surface area contributed by atoms with Crippen molar-refractivity contribution in [3.8, 4) is 5.75 Å². The van der Waals surface area contributed by atoms with E-state index < -0.39 is 29.7 Å². The van der Waals surface area contributed by atoms with Crippen molar-refractivity contribution in [2.75, 3.05) is 13.2 Å². The highest BCUT2D eigenvalue weighted by Gasteiger charge is 2.38. The molecule has 2 rings (SSSR count). The molecule has 1 aromatic rings. The summed E-state index contributed by atoms with van der Waals surface area (Å²) in [5.74, 6) is -1.08. The topological polar surface area (TPSA) is 128 Å². The number of amides is 3. The van der Waals surface area contributed by atoms with E-state index in [1.165, 1.54) is 11.0 Å². The van der Waals surface area contributed by atoms with Crippen molar-refractivity contribution >= 4 is 17.9 Å². The fourth-order valence-corrected chi connectivity index (χ4v) is 4.45. The molecule has 9 heteroatoms. The molecule has 0 radical (unpaired) electrons. The van der Waals surface area contributed by atoms with Gasteiger partial charge in [0.1, 0.15) is 23.4 Å². The number of aromatic hydroxyl groups is 1. The first-order valence-corrected chi connectivity index (χ1v) is 12.8. The number of nitrogens with zero attached hydrogens (tertiary/aromatic N) is 1. The minimum absolute atomic E-state index is 0.0128. The van der Waals surface area contributed by atoms with E-state index in [0.29, 0.717) is 11.1 Å². The van der Waals surface area contributed by atoms with Crippen molar-refractivity contribution in [1.82, 2.24) is 15.5 Å². The maximum absolute atomic E-state index is 13.9. The zero-order valence-corrected chi connectivity index (χ0v) is 22.5. The summed E-state index contributed by atoms with van der Waals surface area (Å²) in [6.45, 7) is 10.0. The number of aliphatic hydroxyl groups is 1. The van der Waals surface area contributed by atoms with Crippen LogP contribution < -0.4 is 10.6 Å². The Balaban J connectivity index is 2.44. The second kappa shape index (κ2) is 12.9. The van der Waals surface area contributed by atoms with Gasteiger partial charge < -0.3 is 30.5 Å². The van der Waals surface area contributed by atoms with Crippen LogP contribution in [0.1, 0.15) is 83.9 Å². The Kier molecular flexibility index (Phi) is 10.6. The van der Waals surface area contributed by atoms with Crippen LogP contribution in [0.25, 0.3) is 0 Å². The molecule has 0 aliphatic heterocycles. The summed E-state index contributed by atoms with van der Waals surface area (Å²) in [6, 6.07) is 2.76. The number of ether oxygens (including phenoxy) is 1. The van der Waals surface area contributed by atoms with Crippen LogP contribution >= 0.6 is 0 Å². The highest BCUT2D eigenvalue weighted by molar-refractivity contribution is 5.92. The summed E-state index contributed by atoms with van der Waals surface area (Å²) >= 11 is 0. The summed E-state index contributed by atoms with van der Waals surface area (Å²) in [7, 11) is 0. The van der Waals surface area contributed by atoms with E-state index in [1.54, 1.807) is 53.7 Å². The Morgan fingerprint density at radius 3 is 2.31 bits per heavy atom. The van der Waals surface area contributed by atoms with E-state index >= 15 is 0 Å². The average Bonchev–Trinajstić information content (AvgIpc) is 2.78. The lowest BCUT2D eigenvalue weighted by Gasteiger charge is -2.36. The molecule has 1 aromatic carbocycles. The van der Waals surface area contributed by atoms with E-state index in [1.807, 2.05) is 0 Å². The van der Waals surface area contributed by atoms with Crippen LogP contribution in [-0.4, -0.2) is 63.9 Å². The van der Waals surface area contributed by atoms with Crippen LogP contribution in [0.2, 0.25) is 0 Å². The molecule has 1 aliphatic carbocycles. The summed E-state index contributed by atoms with van der Waals surface area (Å²) in [5.41, 5.74) is 0.331. The molecule has 0 saturated heterocycles. The second-order valence-corrected chi connectivity index (χ2v) is 10.9. The fraction of sp³-hybridized carbons (Fsp3) is 0.667. The third-order valence-corrected chi connectivity index (χ3v) is 6.28. The molecule has 1 saturated carbocycles. The normalized spacial score (nSPS) is 16.2. The molecular weight excluding hydrogens is 462 g/mol. The number of phenolic OH excluding ortho intramolecular Hbond substituents is 1. The molecular formula is C27H43N3O6. The van der Waals surface area contributed by atoms with Gasteiger partial charge in [0, 0.05) is 12.6 Å². The molecule has 1 fully saturated rings. The lowest BCUT2D eigenvalue weighted by molar-refractivity contribution is -0.144. The molecule has 0 bridgehead atoms. The molecule has 0 aromatic heterocycles. The van der Waals surface area contributed by atoms with Crippen LogP contribution in [0.5, 0.6) is 5.75 Å². The van der Waals surface area contributed by atoms with Crippen LogP contribution in [-0.2, 0) is 14.3 Å². The van der Waals surface area contributed by atoms with Gasteiger partial charge in [0.2, 0.25) is 11.8 Å². The number of hydrogen-bond donors (Lipinski definition) is 4. The van der Waals surface area contributed by atoms with E-state index in [4.69, 9.17) is 4.74 Å². The van der Waals surface area contributed by atoms with E-state index in [0.717, 1.165) is 32.1 Å². The average molecular weight is 506 g/mol. The smallest absolute Gasteiger partial charge is 0.408 e. The molecule has 4 N–H and O–H groups in total. The van der Waals surface area contributed by atoms with Crippen LogP contribution in [0.3, 0.4) is 0 Å². The number of rotatable bonds is 9. The summed E-state index contributed by atoms with van der Waals surface area (Å²) in [5, 5.41) is 25.7. The standard InChI is InChI=1S/C27H43N3O6/c1-17(2)22(29-26(35)36-27(4,5)6)25(34)30(14-15-31)23(19-12-13-21(32)18(3)16-19)24(33)28-20-10-8-7-9-11-20/h12-13,16-17,20,22-23,31-32H,7-11,14-15H2,1-6H3,(H,28,33)(H,29,35). The van der Waals surface area contributed by atoms with Gasteiger partial charge in [0.05, 0.1) is 6.61 Å². The monoisotopic (exact) mass is 505 g/mol. The molecule has 36 heavy (non-hydrogen) atoms. The van der Waals surface area contributed by atoms with E-state index in [9.17, 15) is 24.6 Å². The van der Waals surface area contributed by atoms with Gasteiger partial charge in [-0.05, 0) is 69.7 Å². The number of carbonyl (C=O) groups is 3. The number of phenols is 1. The SMILES string of the molecule is Cc1cc(C(C(=O)NC2CCCCC2)N(CCO)C(=O)C(NC(=O)OC(C)(C)C)C(C)C)ccc1O. The molecule has 0 heterocycles. The first-order valence-electron chi connectivity index (χ1n) is 12.8. The van der Waals surface area contributed by atoms with Crippen LogP contribution in [0.15, 0.2) is 18.2 Å². The molecule has 3 amide bonds.